The number of methoxy groups -OCH3 is 1. The molecule has 5 N–H and O–H groups in total. The largest absolute Gasteiger partial charge is 0.497 e. The molecule has 2 aromatic heterocycles. The van der Waals surface area contributed by atoms with Gasteiger partial charge in [-0.25, -0.2) is 9.97 Å². The normalized spacial score (nSPS) is 10.6. The van der Waals surface area contributed by atoms with Crippen LogP contribution >= 0.6 is 11.8 Å². The summed E-state index contributed by atoms with van der Waals surface area (Å²) in [7, 11) is 1.49. The van der Waals surface area contributed by atoms with E-state index in [1.165, 1.54) is 18.9 Å². The smallest absolute Gasteiger partial charge is 0.256 e. The van der Waals surface area contributed by atoms with E-state index in [4.69, 9.17) is 20.9 Å². The number of nitrogens with one attached hydrogen (secondary N) is 1. The minimum atomic E-state index is -0.674. The Morgan fingerprint density at radius 1 is 1.25 bits per heavy atom. The third-order valence-corrected chi connectivity index (χ3v) is 4.36. The fraction of sp³-hybridized carbons (Fsp3) is 0.176. The number of nitrogens with two attached hydrogens (primary N) is 2. The zero-order chi connectivity index (χ0) is 20.3. The van der Waals surface area contributed by atoms with Gasteiger partial charge in [-0.15, -0.1) is 0 Å². The van der Waals surface area contributed by atoms with Crippen LogP contribution in [0.1, 0.15) is 10.4 Å². The van der Waals surface area contributed by atoms with Gasteiger partial charge in [-0.05, 0) is 6.26 Å². The number of imidazole rings is 1. The molecule has 0 spiro atoms. The fourth-order valence-electron chi connectivity index (χ4n) is 2.55. The molecular formula is C17H18N6O4S. The maximum absolute atomic E-state index is 12.1. The van der Waals surface area contributed by atoms with Crippen molar-refractivity contribution in [2.24, 2.45) is 11.5 Å². The molecule has 11 heteroatoms. The highest BCUT2D eigenvalue weighted by Gasteiger charge is 2.20. The van der Waals surface area contributed by atoms with Crippen LogP contribution in [0.25, 0.3) is 5.65 Å². The number of fused-ring (bicyclic) bond motifs is 1. The lowest BCUT2D eigenvalue weighted by Crippen LogP contribution is -2.20. The zero-order valence-corrected chi connectivity index (χ0v) is 15.9. The summed E-state index contributed by atoms with van der Waals surface area (Å²) in [6.45, 7) is -0.284. The Hall–Kier alpha value is -3.47. The second-order valence-corrected chi connectivity index (χ2v) is 6.36. The number of anilines is 2. The van der Waals surface area contributed by atoms with Crippen molar-refractivity contribution < 1.29 is 19.1 Å². The summed E-state index contributed by atoms with van der Waals surface area (Å²) in [6, 6.07) is 4.90. The van der Waals surface area contributed by atoms with Gasteiger partial charge in [0.05, 0.1) is 7.11 Å². The Morgan fingerprint density at radius 3 is 2.64 bits per heavy atom. The first-order chi connectivity index (χ1) is 13.4. The summed E-state index contributed by atoms with van der Waals surface area (Å²) >= 11 is 1.39. The Balaban J connectivity index is 2.06. The number of nitrogens with zero attached hydrogens (tertiary/aromatic N) is 3. The average Bonchev–Trinajstić information content (AvgIpc) is 3.14. The topological polar surface area (TPSA) is 147 Å². The minimum Gasteiger partial charge on any atom is -0.497 e. The second-order valence-electron chi connectivity index (χ2n) is 5.58. The van der Waals surface area contributed by atoms with E-state index in [2.05, 4.69) is 15.3 Å². The van der Waals surface area contributed by atoms with Crippen molar-refractivity contribution in [2.75, 3.05) is 25.3 Å². The number of aromatic nitrogens is 3. The van der Waals surface area contributed by atoms with Crippen LogP contribution in [0.3, 0.4) is 0 Å². The van der Waals surface area contributed by atoms with Crippen molar-refractivity contribution in [1.82, 2.24) is 14.4 Å². The molecule has 2 amide bonds. The number of ether oxygens (including phenoxy) is 2. The van der Waals surface area contributed by atoms with Crippen LogP contribution in [0, 0.1) is 0 Å². The number of primary amides is 2. The SMILES string of the molecule is COc1cc(Nc2nc(SC)n3ccnc3c2C(N)=O)cc(OCC(N)=O)c1. The van der Waals surface area contributed by atoms with Crippen LogP contribution in [-0.2, 0) is 4.79 Å². The van der Waals surface area contributed by atoms with Crippen LogP contribution in [0.5, 0.6) is 11.5 Å². The van der Waals surface area contributed by atoms with Crippen molar-refractivity contribution in [2.45, 2.75) is 5.16 Å². The Bertz CT molecular complexity index is 1050. The van der Waals surface area contributed by atoms with Gasteiger partial charge < -0.3 is 26.3 Å². The van der Waals surface area contributed by atoms with E-state index >= 15 is 0 Å². The highest BCUT2D eigenvalue weighted by molar-refractivity contribution is 7.98. The molecule has 0 aliphatic rings. The molecule has 0 bridgehead atoms. The number of carbonyl (C=O) groups excluding carboxylic acids is 2. The van der Waals surface area contributed by atoms with Crippen LogP contribution in [-0.4, -0.2) is 46.2 Å². The molecule has 10 nitrogen and oxygen atoms in total. The standard InChI is InChI=1S/C17H18N6O4S/c1-26-10-5-9(6-11(7-10)27-8-12(18)24)21-15-13(14(19)25)16-20-3-4-23(16)17(22-15)28-2/h3-7,21H,8H2,1-2H3,(H2,18,24)(H2,19,25). The predicted molar refractivity (Wildman–Crippen MR) is 104 cm³/mol. The number of rotatable bonds is 8. The molecule has 0 fully saturated rings. The van der Waals surface area contributed by atoms with Crippen molar-refractivity contribution in [3.63, 3.8) is 0 Å². The molecule has 0 aliphatic heterocycles. The lowest BCUT2D eigenvalue weighted by Gasteiger charge is -2.14. The predicted octanol–water partition coefficient (Wildman–Crippen LogP) is 1.17. The first-order valence-corrected chi connectivity index (χ1v) is 9.23. The van der Waals surface area contributed by atoms with E-state index in [0.29, 0.717) is 28.0 Å². The van der Waals surface area contributed by atoms with Gasteiger partial charge >= 0.3 is 0 Å². The van der Waals surface area contributed by atoms with Gasteiger partial charge in [0.25, 0.3) is 11.8 Å². The summed E-state index contributed by atoms with van der Waals surface area (Å²) in [5, 5.41) is 3.68. The van der Waals surface area contributed by atoms with Gasteiger partial charge in [-0.1, -0.05) is 11.8 Å². The molecule has 0 radical (unpaired) electrons. The minimum absolute atomic E-state index is 0.144. The van der Waals surface area contributed by atoms with Crippen LogP contribution < -0.4 is 26.3 Å². The highest BCUT2D eigenvalue weighted by Crippen LogP contribution is 2.31. The van der Waals surface area contributed by atoms with Crippen molar-refractivity contribution >= 4 is 40.7 Å². The Labute approximate surface area is 164 Å². The number of thioether (sulfide) groups is 1. The molecule has 1 aromatic carbocycles. The summed E-state index contributed by atoms with van der Waals surface area (Å²) in [5.74, 6) is -0.216. The molecule has 2 heterocycles. The van der Waals surface area contributed by atoms with Crippen LogP contribution in [0.4, 0.5) is 11.5 Å². The Morgan fingerprint density at radius 2 is 2.00 bits per heavy atom. The molecule has 0 aliphatic carbocycles. The number of hydrogen-bond acceptors (Lipinski definition) is 8. The maximum Gasteiger partial charge on any atom is 0.256 e. The van der Waals surface area contributed by atoms with Gasteiger partial charge in [0.2, 0.25) is 0 Å². The van der Waals surface area contributed by atoms with Crippen molar-refractivity contribution in [3.8, 4) is 11.5 Å². The van der Waals surface area contributed by atoms with E-state index in [0.717, 1.165) is 0 Å². The molecule has 0 saturated carbocycles. The van der Waals surface area contributed by atoms with E-state index in [1.807, 2.05) is 6.26 Å². The summed E-state index contributed by atoms with van der Waals surface area (Å²) < 4.78 is 12.3. The van der Waals surface area contributed by atoms with E-state index < -0.39 is 11.8 Å². The van der Waals surface area contributed by atoms with Crippen LogP contribution in [0.15, 0.2) is 35.7 Å². The molecule has 0 atom stereocenters. The van der Waals surface area contributed by atoms with Gasteiger partial charge in [0.15, 0.2) is 17.4 Å². The first-order valence-electron chi connectivity index (χ1n) is 8.01. The summed E-state index contributed by atoms with van der Waals surface area (Å²) in [5.41, 5.74) is 11.7. The van der Waals surface area contributed by atoms with E-state index in [9.17, 15) is 9.59 Å². The molecular weight excluding hydrogens is 384 g/mol. The third-order valence-electron chi connectivity index (χ3n) is 3.70. The lowest BCUT2D eigenvalue weighted by atomic mass is 10.2. The van der Waals surface area contributed by atoms with Gasteiger partial charge in [-0.2, -0.15) is 0 Å². The summed E-state index contributed by atoms with van der Waals surface area (Å²) in [4.78, 5) is 31.7. The average molecular weight is 402 g/mol. The summed E-state index contributed by atoms with van der Waals surface area (Å²) in [6.07, 6.45) is 5.12. The molecule has 0 unspecified atom stereocenters. The number of benzene rings is 1. The number of carbonyl (C=O) groups is 2. The number of hydrogen-bond donors (Lipinski definition) is 3. The molecule has 0 saturated heterocycles. The molecule has 3 aromatic rings. The monoisotopic (exact) mass is 402 g/mol. The second kappa shape index (κ2) is 8.05. The lowest BCUT2D eigenvalue weighted by molar-refractivity contribution is -0.119. The van der Waals surface area contributed by atoms with Crippen molar-refractivity contribution in [1.29, 1.82) is 0 Å². The highest BCUT2D eigenvalue weighted by atomic mass is 32.2. The number of amides is 2. The van der Waals surface area contributed by atoms with Gasteiger partial charge in [-0.3, -0.25) is 14.0 Å². The fourth-order valence-corrected chi connectivity index (χ4v) is 3.08. The molecule has 146 valence electrons. The van der Waals surface area contributed by atoms with Crippen molar-refractivity contribution in [3.05, 3.63) is 36.2 Å². The maximum atomic E-state index is 12.1. The van der Waals surface area contributed by atoms with E-state index in [-0.39, 0.29) is 18.0 Å². The van der Waals surface area contributed by atoms with Gasteiger partial charge in [0, 0.05) is 36.3 Å². The quantitative estimate of drug-likeness (QED) is 0.376. The van der Waals surface area contributed by atoms with Gasteiger partial charge in [0.1, 0.15) is 22.9 Å². The molecule has 28 heavy (non-hydrogen) atoms. The van der Waals surface area contributed by atoms with E-state index in [1.54, 1.807) is 35.0 Å². The Kier molecular flexibility index (Phi) is 5.54. The van der Waals surface area contributed by atoms with Crippen LogP contribution in [0.2, 0.25) is 0 Å². The first kappa shape index (κ1) is 19.3. The third kappa shape index (κ3) is 3.93. The zero-order valence-electron chi connectivity index (χ0n) is 15.1. The molecule has 3 rings (SSSR count).